The fourth-order valence-corrected chi connectivity index (χ4v) is 2.97. The molecule has 0 spiro atoms. The fourth-order valence-electron chi connectivity index (χ4n) is 2.52. The lowest BCUT2D eigenvalue weighted by atomic mass is 10.3. The third-order valence-corrected chi connectivity index (χ3v) is 4.39. The molecule has 0 saturated carbocycles. The summed E-state index contributed by atoms with van der Waals surface area (Å²) in [7, 11) is 2.14. The van der Waals surface area contributed by atoms with Crippen molar-refractivity contribution < 1.29 is 0 Å². The van der Waals surface area contributed by atoms with Crippen molar-refractivity contribution in [1.29, 1.82) is 0 Å². The van der Waals surface area contributed by atoms with E-state index in [1.54, 1.807) is 12.1 Å². The number of anilines is 3. The summed E-state index contributed by atoms with van der Waals surface area (Å²) in [4.78, 5) is 13.7. The SMILES string of the molecule is Cc1cc(N2CCN(C)CC2)nc(Nc2ccc(Cl)cc2Cl)n1. The van der Waals surface area contributed by atoms with Gasteiger partial charge in [-0.15, -0.1) is 0 Å². The second kappa shape index (κ2) is 6.91. The molecule has 0 aliphatic carbocycles. The lowest BCUT2D eigenvalue weighted by Gasteiger charge is -2.33. The molecule has 0 unspecified atom stereocenters. The highest BCUT2D eigenvalue weighted by Crippen LogP contribution is 2.28. The third kappa shape index (κ3) is 4.05. The van der Waals surface area contributed by atoms with Crippen LogP contribution in [-0.2, 0) is 0 Å². The quantitative estimate of drug-likeness (QED) is 0.915. The molecule has 122 valence electrons. The number of aryl methyl sites for hydroxylation is 1. The molecule has 2 aromatic rings. The average Bonchev–Trinajstić information content (AvgIpc) is 2.50. The molecule has 1 aliphatic rings. The Bertz CT molecular complexity index is 699. The van der Waals surface area contributed by atoms with E-state index in [4.69, 9.17) is 23.2 Å². The van der Waals surface area contributed by atoms with E-state index in [1.165, 1.54) is 0 Å². The van der Waals surface area contributed by atoms with Crippen molar-refractivity contribution in [3.63, 3.8) is 0 Å². The second-order valence-corrected chi connectivity index (χ2v) is 6.57. The van der Waals surface area contributed by atoms with Gasteiger partial charge in [0.25, 0.3) is 0 Å². The fraction of sp³-hybridized carbons (Fsp3) is 0.375. The number of hydrogen-bond donors (Lipinski definition) is 1. The van der Waals surface area contributed by atoms with Crippen LogP contribution in [0.2, 0.25) is 10.0 Å². The van der Waals surface area contributed by atoms with Crippen LogP contribution < -0.4 is 10.2 Å². The highest BCUT2D eigenvalue weighted by atomic mass is 35.5. The molecular formula is C16H19Cl2N5. The van der Waals surface area contributed by atoms with Crippen LogP contribution in [0.4, 0.5) is 17.5 Å². The molecule has 23 heavy (non-hydrogen) atoms. The molecule has 0 atom stereocenters. The predicted molar refractivity (Wildman–Crippen MR) is 96.2 cm³/mol. The van der Waals surface area contributed by atoms with Crippen molar-refractivity contribution in [2.45, 2.75) is 6.92 Å². The van der Waals surface area contributed by atoms with Crippen molar-refractivity contribution in [1.82, 2.24) is 14.9 Å². The van der Waals surface area contributed by atoms with Crippen LogP contribution in [0.1, 0.15) is 5.69 Å². The molecule has 0 amide bonds. The molecule has 5 nitrogen and oxygen atoms in total. The lowest BCUT2D eigenvalue weighted by molar-refractivity contribution is 0.312. The van der Waals surface area contributed by atoms with E-state index in [2.05, 4.69) is 32.1 Å². The Morgan fingerprint density at radius 3 is 2.48 bits per heavy atom. The highest BCUT2D eigenvalue weighted by Gasteiger charge is 2.16. The van der Waals surface area contributed by atoms with Crippen LogP contribution in [0.5, 0.6) is 0 Å². The Morgan fingerprint density at radius 1 is 1.04 bits per heavy atom. The second-order valence-electron chi connectivity index (χ2n) is 5.73. The van der Waals surface area contributed by atoms with Crippen LogP contribution in [0.25, 0.3) is 0 Å². The summed E-state index contributed by atoms with van der Waals surface area (Å²) < 4.78 is 0. The summed E-state index contributed by atoms with van der Waals surface area (Å²) in [6, 6.07) is 7.32. The van der Waals surface area contributed by atoms with E-state index >= 15 is 0 Å². The third-order valence-electron chi connectivity index (χ3n) is 3.85. The van der Waals surface area contributed by atoms with Crippen molar-refractivity contribution in [3.05, 3.63) is 40.0 Å². The van der Waals surface area contributed by atoms with Gasteiger partial charge in [0.1, 0.15) is 5.82 Å². The summed E-state index contributed by atoms with van der Waals surface area (Å²) in [5.41, 5.74) is 1.66. The van der Waals surface area contributed by atoms with Gasteiger partial charge in [0.15, 0.2) is 0 Å². The Balaban J connectivity index is 1.82. The largest absolute Gasteiger partial charge is 0.354 e. The van der Waals surface area contributed by atoms with Gasteiger partial charge in [-0.1, -0.05) is 23.2 Å². The number of nitrogens with one attached hydrogen (secondary N) is 1. The maximum absolute atomic E-state index is 6.21. The number of piperazine rings is 1. The number of rotatable bonds is 3. The molecule has 3 rings (SSSR count). The number of halogens is 2. The van der Waals surface area contributed by atoms with E-state index in [1.807, 2.05) is 19.1 Å². The first kappa shape index (κ1) is 16.3. The summed E-state index contributed by atoms with van der Waals surface area (Å²) >= 11 is 12.1. The molecule has 0 bridgehead atoms. The normalized spacial score (nSPS) is 15.7. The van der Waals surface area contributed by atoms with Crippen LogP contribution in [0.15, 0.2) is 24.3 Å². The van der Waals surface area contributed by atoms with Gasteiger partial charge in [-0.2, -0.15) is 4.98 Å². The lowest BCUT2D eigenvalue weighted by Crippen LogP contribution is -2.44. The first-order valence-corrected chi connectivity index (χ1v) is 8.28. The van der Waals surface area contributed by atoms with Crippen LogP contribution in [-0.4, -0.2) is 48.1 Å². The van der Waals surface area contributed by atoms with Gasteiger partial charge in [0, 0.05) is 43.0 Å². The minimum atomic E-state index is 0.545. The molecule has 2 heterocycles. The van der Waals surface area contributed by atoms with Crippen molar-refractivity contribution in [2.24, 2.45) is 0 Å². The molecular weight excluding hydrogens is 333 g/mol. The van der Waals surface area contributed by atoms with Crippen molar-refractivity contribution >= 4 is 40.7 Å². The minimum Gasteiger partial charge on any atom is -0.354 e. The van der Waals surface area contributed by atoms with Gasteiger partial charge in [-0.3, -0.25) is 0 Å². The van der Waals surface area contributed by atoms with E-state index in [0.29, 0.717) is 16.0 Å². The van der Waals surface area contributed by atoms with E-state index in [-0.39, 0.29) is 0 Å². The monoisotopic (exact) mass is 351 g/mol. The summed E-state index contributed by atoms with van der Waals surface area (Å²) in [5.74, 6) is 1.49. The zero-order valence-electron chi connectivity index (χ0n) is 13.2. The predicted octanol–water partition coefficient (Wildman–Crippen LogP) is 3.59. The standard InChI is InChI=1S/C16H19Cl2N5/c1-11-9-15(23-7-5-22(2)6-8-23)21-16(19-11)20-14-4-3-12(17)10-13(14)18/h3-4,9-10H,5-8H2,1-2H3,(H,19,20,21). The van der Waals surface area contributed by atoms with Gasteiger partial charge in [0.2, 0.25) is 5.95 Å². The zero-order valence-corrected chi connectivity index (χ0v) is 14.7. The number of benzene rings is 1. The molecule has 1 N–H and O–H groups in total. The molecule has 0 radical (unpaired) electrons. The molecule has 1 fully saturated rings. The topological polar surface area (TPSA) is 44.3 Å². The van der Waals surface area contributed by atoms with E-state index < -0.39 is 0 Å². The number of aromatic nitrogens is 2. The first-order chi connectivity index (χ1) is 11.0. The van der Waals surface area contributed by atoms with Crippen molar-refractivity contribution in [2.75, 3.05) is 43.4 Å². The van der Waals surface area contributed by atoms with E-state index in [0.717, 1.165) is 43.4 Å². The van der Waals surface area contributed by atoms with Gasteiger partial charge < -0.3 is 15.1 Å². The molecule has 1 saturated heterocycles. The molecule has 1 aromatic carbocycles. The highest BCUT2D eigenvalue weighted by molar-refractivity contribution is 6.36. The summed E-state index contributed by atoms with van der Waals surface area (Å²) in [6.45, 7) is 5.97. The van der Waals surface area contributed by atoms with Gasteiger partial charge in [0.05, 0.1) is 10.7 Å². The smallest absolute Gasteiger partial charge is 0.229 e. The van der Waals surface area contributed by atoms with Crippen LogP contribution in [0, 0.1) is 6.92 Å². The Kier molecular flexibility index (Phi) is 4.90. The number of nitrogens with zero attached hydrogens (tertiary/aromatic N) is 4. The molecule has 7 heteroatoms. The van der Waals surface area contributed by atoms with Gasteiger partial charge in [-0.05, 0) is 32.2 Å². The first-order valence-electron chi connectivity index (χ1n) is 7.52. The Hall–Kier alpha value is -1.56. The molecule has 1 aromatic heterocycles. The maximum atomic E-state index is 6.21. The Morgan fingerprint density at radius 2 is 1.78 bits per heavy atom. The molecule has 1 aliphatic heterocycles. The minimum absolute atomic E-state index is 0.545. The average molecular weight is 352 g/mol. The van der Waals surface area contributed by atoms with E-state index in [9.17, 15) is 0 Å². The van der Waals surface area contributed by atoms with Crippen molar-refractivity contribution in [3.8, 4) is 0 Å². The summed E-state index contributed by atoms with van der Waals surface area (Å²) in [5, 5.41) is 4.32. The van der Waals surface area contributed by atoms with Crippen LogP contribution in [0.3, 0.4) is 0 Å². The Labute approximate surface area is 146 Å². The number of likely N-dealkylation sites (N-methyl/N-ethyl adjacent to an activating group) is 1. The van der Waals surface area contributed by atoms with Crippen LogP contribution >= 0.6 is 23.2 Å². The maximum Gasteiger partial charge on any atom is 0.229 e. The summed E-state index contributed by atoms with van der Waals surface area (Å²) in [6.07, 6.45) is 0. The van der Waals surface area contributed by atoms with Gasteiger partial charge >= 0.3 is 0 Å². The zero-order chi connectivity index (χ0) is 16.4. The van der Waals surface area contributed by atoms with Gasteiger partial charge in [-0.25, -0.2) is 4.98 Å². The number of hydrogen-bond acceptors (Lipinski definition) is 5.